The van der Waals surface area contributed by atoms with E-state index in [1.54, 1.807) is 30.3 Å². The molecule has 0 saturated carbocycles. The number of aryl methyl sites for hydroxylation is 1. The van der Waals surface area contributed by atoms with E-state index in [-0.39, 0.29) is 16.3 Å². The minimum Gasteiger partial charge on any atom is -0.324 e. The Kier molecular flexibility index (Phi) is 6.20. The number of carbonyl (C=O) groups excluding carboxylic acids is 1. The lowest BCUT2D eigenvalue weighted by atomic mass is 10.2. The van der Waals surface area contributed by atoms with Crippen LogP contribution in [0.4, 0.5) is 15.8 Å². The van der Waals surface area contributed by atoms with E-state index in [1.165, 1.54) is 36.4 Å². The maximum atomic E-state index is 13.4. The highest BCUT2D eigenvalue weighted by Crippen LogP contribution is 2.26. The Hall–Kier alpha value is -2.90. The summed E-state index contributed by atoms with van der Waals surface area (Å²) in [6, 6.07) is 17.9. The fourth-order valence-electron chi connectivity index (χ4n) is 2.68. The lowest BCUT2D eigenvalue weighted by Crippen LogP contribution is -2.38. The molecule has 0 spiro atoms. The number of sulfonamides is 1. The third kappa shape index (κ3) is 5.13. The molecule has 3 aromatic carbocycles. The van der Waals surface area contributed by atoms with Gasteiger partial charge in [-0.2, -0.15) is 0 Å². The van der Waals surface area contributed by atoms with E-state index in [1.807, 2.05) is 6.92 Å². The van der Waals surface area contributed by atoms with Crippen LogP contribution in [0.1, 0.15) is 5.56 Å². The Labute approximate surface area is 173 Å². The van der Waals surface area contributed by atoms with E-state index in [4.69, 9.17) is 11.6 Å². The molecule has 0 unspecified atom stereocenters. The van der Waals surface area contributed by atoms with Crippen molar-refractivity contribution in [1.29, 1.82) is 0 Å². The monoisotopic (exact) mass is 432 g/mol. The van der Waals surface area contributed by atoms with Crippen molar-refractivity contribution < 1.29 is 17.6 Å². The number of carbonyl (C=O) groups is 1. The van der Waals surface area contributed by atoms with Gasteiger partial charge in [0.2, 0.25) is 5.91 Å². The van der Waals surface area contributed by atoms with Gasteiger partial charge in [-0.3, -0.25) is 9.10 Å². The van der Waals surface area contributed by atoms with Crippen LogP contribution in [0.25, 0.3) is 0 Å². The van der Waals surface area contributed by atoms with Crippen molar-refractivity contribution in [2.45, 2.75) is 11.8 Å². The van der Waals surface area contributed by atoms with Crippen LogP contribution >= 0.6 is 11.6 Å². The molecule has 1 N–H and O–H groups in total. The molecule has 5 nitrogen and oxygen atoms in total. The van der Waals surface area contributed by atoms with Gasteiger partial charge in [0.25, 0.3) is 10.0 Å². The number of rotatable bonds is 6. The molecule has 0 aliphatic heterocycles. The molecule has 3 rings (SSSR count). The maximum Gasteiger partial charge on any atom is 0.264 e. The molecule has 150 valence electrons. The van der Waals surface area contributed by atoms with Gasteiger partial charge in [0, 0.05) is 10.7 Å². The first-order valence-corrected chi connectivity index (χ1v) is 10.5. The Morgan fingerprint density at radius 3 is 2.38 bits per heavy atom. The van der Waals surface area contributed by atoms with Crippen molar-refractivity contribution in [2.24, 2.45) is 0 Å². The third-order valence-electron chi connectivity index (χ3n) is 4.10. The van der Waals surface area contributed by atoms with Crippen molar-refractivity contribution in [3.05, 3.63) is 89.2 Å². The zero-order valence-corrected chi connectivity index (χ0v) is 17.0. The molecule has 0 fully saturated rings. The number of nitrogens with zero attached hydrogens (tertiary/aromatic N) is 1. The summed E-state index contributed by atoms with van der Waals surface area (Å²) in [4.78, 5) is 12.6. The standard InChI is InChI=1S/C21H18ClFN2O3S/c1-15-8-10-20(11-9-15)29(27,28)25(19-7-2-4-16(22)12-19)14-21(26)24-18-6-3-5-17(23)13-18/h2-13H,14H2,1H3,(H,24,26). The van der Waals surface area contributed by atoms with E-state index in [2.05, 4.69) is 5.32 Å². The van der Waals surface area contributed by atoms with Gasteiger partial charge in [0.1, 0.15) is 12.4 Å². The second kappa shape index (κ2) is 8.63. The summed E-state index contributed by atoms with van der Waals surface area (Å²) in [6.07, 6.45) is 0. The van der Waals surface area contributed by atoms with Crippen molar-refractivity contribution >= 4 is 38.9 Å². The molecule has 0 aromatic heterocycles. The van der Waals surface area contributed by atoms with Gasteiger partial charge in [-0.1, -0.05) is 41.4 Å². The van der Waals surface area contributed by atoms with Crippen LogP contribution in [-0.2, 0) is 14.8 Å². The predicted octanol–water partition coefficient (Wildman–Crippen LogP) is 4.62. The lowest BCUT2D eigenvalue weighted by Gasteiger charge is -2.24. The van der Waals surface area contributed by atoms with Gasteiger partial charge >= 0.3 is 0 Å². The smallest absolute Gasteiger partial charge is 0.264 e. The number of nitrogens with one attached hydrogen (secondary N) is 1. The van der Waals surface area contributed by atoms with Gasteiger partial charge in [-0.05, 0) is 55.5 Å². The van der Waals surface area contributed by atoms with Crippen LogP contribution in [-0.4, -0.2) is 20.9 Å². The topological polar surface area (TPSA) is 66.5 Å². The van der Waals surface area contributed by atoms with Crippen LogP contribution in [0.15, 0.2) is 77.7 Å². The van der Waals surface area contributed by atoms with Crippen molar-refractivity contribution in [1.82, 2.24) is 0 Å². The van der Waals surface area contributed by atoms with Crippen molar-refractivity contribution in [3.63, 3.8) is 0 Å². The highest BCUT2D eigenvalue weighted by molar-refractivity contribution is 7.92. The minimum absolute atomic E-state index is 0.0432. The van der Waals surface area contributed by atoms with Crippen LogP contribution in [0.3, 0.4) is 0 Å². The Morgan fingerprint density at radius 2 is 1.72 bits per heavy atom. The average Bonchev–Trinajstić information content (AvgIpc) is 2.66. The van der Waals surface area contributed by atoms with Gasteiger partial charge in [-0.25, -0.2) is 12.8 Å². The molecule has 29 heavy (non-hydrogen) atoms. The molecule has 1 amide bonds. The molecular formula is C21H18ClFN2O3S. The first kappa shape index (κ1) is 20.8. The van der Waals surface area contributed by atoms with E-state index in [9.17, 15) is 17.6 Å². The van der Waals surface area contributed by atoms with Crippen LogP contribution in [0.5, 0.6) is 0 Å². The molecule has 3 aromatic rings. The summed E-state index contributed by atoms with van der Waals surface area (Å²) >= 11 is 6.03. The van der Waals surface area contributed by atoms with Gasteiger partial charge in [0.15, 0.2) is 0 Å². The molecule has 0 bridgehead atoms. The normalized spacial score (nSPS) is 11.1. The highest BCUT2D eigenvalue weighted by Gasteiger charge is 2.27. The Bertz CT molecular complexity index is 1130. The van der Waals surface area contributed by atoms with Crippen LogP contribution in [0.2, 0.25) is 5.02 Å². The molecule has 0 aliphatic rings. The van der Waals surface area contributed by atoms with E-state index in [0.717, 1.165) is 15.9 Å². The highest BCUT2D eigenvalue weighted by atomic mass is 35.5. The summed E-state index contributed by atoms with van der Waals surface area (Å²) < 4.78 is 40.8. The Balaban J connectivity index is 1.95. The fourth-order valence-corrected chi connectivity index (χ4v) is 4.28. The van der Waals surface area contributed by atoms with Crippen LogP contribution in [0, 0.1) is 12.7 Å². The molecule has 0 saturated heterocycles. The van der Waals surface area contributed by atoms with Gasteiger partial charge in [-0.15, -0.1) is 0 Å². The van der Waals surface area contributed by atoms with Crippen molar-refractivity contribution in [3.8, 4) is 0 Å². The van der Waals surface area contributed by atoms with E-state index in [0.29, 0.717) is 5.02 Å². The maximum absolute atomic E-state index is 13.4. The number of halogens is 2. The number of benzene rings is 3. The quantitative estimate of drug-likeness (QED) is 0.618. The fraction of sp³-hybridized carbons (Fsp3) is 0.0952. The second-order valence-electron chi connectivity index (χ2n) is 6.36. The second-order valence-corrected chi connectivity index (χ2v) is 8.66. The van der Waals surface area contributed by atoms with Crippen molar-refractivity contribution in [2.75, 3.05) is 16.2 Å². The summed E-state index contributed by atoms with van der Waals surface area (Å²) in [5, 5.41) is 2.84. The number of hydrogen-bond donors (Lipinski definition) is 1. The number of hydrogen-bond acceptors (Lipinski definition) is 3. The van der Waals surface area contributed by atoms with Gasteiger partial charge in [0.05, 0.1) is 10.6 Å². The SMILES string of the molecule is Cc1ccc(S(=O)(=O)N(CC(=O)Nc2cccc(F)c2)c2cccc(Cl)c2)cc1. The molecular weight excluding hydrogens is 415 g/mol. The zero-order chi connectivity index (χ0) is 21.0. The first-order valence-electron chi connectivity index (χ1n) is 8.66. The number of amides is 1. The van der Waals surface area contributed by atoms with Crippen LogP contribution < -0.4 is 9.62 Å². The molecule has 0 heterocycles. The Morgan fingerprint density at radius 1 is 1.03 bits per heavy atom. The first-order chi connectivity index (χ1) is 13.8. The molecule has 0 radical (unpaired) electrons. The summed E-state index contributed by atoms with van der Waals surface area (Å²) in [5.74, 6) is -1.13. The number of anilines is 2. The lowest BCUT2D eigenvalue weighted by molar-refractivity contribution is -0.114. The average molecular weight is 433 g/mol. The molecule has 0 aliphatic carbocycles. The largest absolute Gasteiger partial charge is 0.324 e. The zero-order valence-electron chi connectivity index (χ0n) is 15.5. The summed E-state index contributed by atoms with van der Waals surface area (Å²) in [5.41, 5.74) is 1.38. The van der Waals surface area contributed by atoms with E-state index < -0.39 is 28.3 Å². The molecule has 0 atom stereocenters. The third-order valence-corrected chi connectivity index (χ3v) is 6.12. The summed E-state index contributed by atoms with van der Waals surface area (Å²) in [7, 11) is -4.04. The predicted molar refractivity (Wildman–Crippen MR) is 112 cm³/mol. The van der Waals surface area contributed by atoms with E-state index >= 15 is 0 Å². The van der Waals surface area contributed by atoms with Gasteiger partial charge < -0.3 is 5.32 Å². The summed E-state index contributed by atoms with van der Waals surface area (Å²) in [6.45, 7) is 1.34. The minimum atomic E-state index is -4.04. The molecule has 8 heteroatoms.